The maximum Gasteiger partial charge on any atom is 0.447 e. The van der Waals surface area contributed by atoms with Gasteiger partial charge in [-0.05, 0) is 12.1 Å². The number of aldehydes is 1. The summed E-state index contributed by atoms with van der Waals surface area (Å²) in [5.41, 5.74) is 5.20. The van der Waals surface area contributed by atoms with Gasteiger partial charge in [0.25, 0.3) is 0 Å². The Morgan fingerprint density at radius 2 is 2.25 bits per heavy atom. The smallest absolute Gasteiger partial charge is 0.447 e. The second-order valence-electron chi connectivity index (χ2n) is 3.53. The number of carbonyl (C=O) groups excluding carboxylic acids is 2. The van der Waals surface area contributed by atoms with E-state index >= 15 is 0 Å². The molecule has 20 heavy (non-hydrogen) atoms. The van der Waals surface area contributed by atoms with Crippen molar-refractivity contribution in [3.05, 3.63) is 30.2 Å². The lowest BCUT2D eigenvalue weighted by Gasteiger charge is -2.07. The Kier molecular flexibility index (Phi) is 3.85. The highest BCUT2D eigenvalue weighted by atomic mass is 17.2. The molecule has 0 aliphatic rings. The van der Waals surface area contributed by atoms with E-state index in [2.05, 4.69) is 14.8 Å². The molecule has 0 spiro atoms. The van der Waals surface area contributed by atoms with E-state index in [-0.39, 0.29) is 17.4 Å². The minimum atomic E-state index is -1.09. The fraction of sp³-hybridized carbons (Fsp3) is 0.0833. The SMILES string of the molecule is COc1ncc(OOC(N)=O)cc1-c1ccc(C=O)o1. The number of methoxy groups -OCH3 is 1. The van der Waals surface area contributed by atoms with Crippen molar-refractivity contribution in [3.63, 3.8) is 0 Å². The summed E-state index contributed by atoms with van der Waals surface area (Å²) < 4.78 is 10.3. The first-order valence-electron chi connectivity index (χ1n) is 5.37. The number of carbonyl (C=O) groups is 2. The zero-order valence-corrected chi connectivity index (χ0v) is 10.4. The first-order chi connectivity index (χ1) is 9.63. The van der Waals surface area contributed by atoms with Gasteiger partial charge in [-0.1, -0.05) is 0 Å². The van der Waals surface area contributed by atoms with Crippen molar-refractivity contribution >= 4 is 12.4 Å². The summed E-state index contributed by atoms with van der Waals surface area (Å²) in [7, 11) is 1.43. The number of furan rings is 1. The molecule has 0 saturated heterocycles. The van der Waals surface area contributed by atoms with Gasteiger partial charge in [0, 0.05) is 6.07 Å². The van der Waals surface area contributed by atoms with E-state index in [1.165, 1.54) is 25.4 Å². The van der Waals surface area contributed by atoms with Gasteiger partial charge >= 0.3 is 6.09 Å². The number of nitrogens with two attached hydrogens (primary N) is 1. The predicted molar refractivity (Wildman–Crippen MR) is 65.2 cm³/mol. The third kappa shape index (κ3) is 2.86. The van der Waals surface area contributed by atoms with Crippen molar-refractivity contribution in [1.29, 1.82) is 0 Å². The molecule has 1 amide bonds. The quantitative estimate of drug-likeness (QED) is 0.501. The van der Waals surface area contributed by atoms with Gasteiger partial charge in [0.1, 0.15) is 5.76 Å². The number of nitrogens with zero attached hydrogens (tertiary/aromatic N) is 1. The average molecular weight is 278 g/mol. The van der Waals surface area contributed by atoms with Crippen LogP contribution in [0.2, 0.25) is 0 Å². The Bertz CT molecular complexity index is 637. The molecule has 0 radical (unpaired) electrons. The molecule has 0 aromatic carbocycles. The highest BCUT2D eigenvalue weighted by Gasteiger charge is 2.14. The summed E-state index contributed by atoms with van der Waals surface area (Å²) in [5.74, 6) is 0.870. The van der Waals surface area contributed by atoms with E-state index in [1.54, 1.807) is 6.07 Å². The van der Waals surface area contributed by atoms with Crippen molar-refractivity contribution in [1.82, 2.24) is 4.98 Å². The van der Waals surface area contributed by atoms with Gasteiger partial charge in [0.2, 0.25) is 5.88 Å². The molecule has 0 bridgehead atoms. The number of hydrogen-bond donors (Lipinski definition) is 1. The first-order valence-corrected chi connectivity index (χ1v) is 5.37. The summed E-state index contributed by atoms with van der Waals surface area (Å²) in [6, 6.07) is 4.53. The number of aromatic nitrogens is 1. The number of hydrogen-bond acceptors (Lipinski definition) is 7. The van der Waals surface area contributed by atoms with Crippen LogP contribution in [0.1, 0.15) is 10.6 Å². The average Bonchev–Trinajstić information content (AvgIpc) is 2.93. The van der Waals surface area contributed by atoms with Gasteiger partial charge in [0.15, 0.2) is 17.8 Å². The molecule has 104 valence electrons. The molecule has 0 fully saturated rings. The number of rotatable bonds is 5. The Hall–Kier alpha value is -3.03. The van der Waals surface area contributed by atoms with E-state index < -0.39 is 6.09 Å². The molecule has 0 atom stereocenters. The van der Waals surface area contributed by atoms with Gasteiger partial charge in [-0.3, -0.25) is 9.68 Å². The molecule has 8 heteroatoms. The van der Waals surface area contributed by atoms with Crippen molar-refractivity contribution in [2.45, 2.75) is 0 Å². The van der Waals surface area contributed by atoms with E-state index in [1.807, 2.05) is 0 Å². The van der Waals surface area contributed by atoms with Gasteiger partial charge in [-0.25, -0.2) is 14.7 Å². The zero-order chi connectivity index (χ0) is 14.5. The number of ether oxygens (including phenoxy) is 1. The van der Waals surface area contributed by atoms with E-state index in [0.29, 0.717) is 17.6 Å². The molecule has 0 saturated carbocycles. The van der Waals surface area contributed by atoms with Crippen LogP contribution in [0, 0.1) is 0 Å². The van der Waals surface area contributed by atoms with Gasteiger partial charge < -0.3 is 14.9 Å². The van der Waals surface area contributed by atoms with Gasteiger partial charge in [-0.2, -0.15) is 0 Å². The maximum absolute atomic E-state index is 10.6. The van der Waals surface area contributed by atoms with Crippen molar-refractivity contribution in [2.24, 2.45) is 5.73 Å². The van der Waals surface area contributed by atoms with E-state index in [0.717, 1.165) is 0 Å². The van der Waals surface area contributed by atoms with Crippen molar-refractivity contribution < 1.29 is 28.5 Å². The summed E-state index contributed by atoms with van der Waals surface area (Å²) in [6.07, 6.45) is 0.748. The molecular weight excluding hydrogens is 268 g/mol. The molecule has 2 N–H and O–H groups in total. The molecular formula is C12H10N2O6. The lowest BCUT2D eigenvalue weighted by Crippen LogP contribution is -2.15. The maximum atomic E-state index is 10.6. The number of pyridine rings is 1. The van der Waals surface area contributed by atoms with Crippen LogP contribution in [0.3, 0.4) is 0 Å². The summed E-state index contributed by atoms with van der Waals surface area (Å²) >= 11 is 0. The Morgan fingerprint density at radius 3 is 2.85 bits per heavy atom. The summed E-state index contributed by atoms with van der Waals surface area (Å²) in [6.45, 7) is 0. The zero-order valence-electron chi connectivity index (χ0n) is 10.4. The second-order valence-corrected chi connectivity index (χ2v) is 3.53. The molecule has 2 rings (SSSR count). The van der Waals surface area contributed by atoms with Crippen LogP contribution in [0.5, 0.6) is 11.6 Å². The van der Waals surface area contributed by atoms with Crippen LogP contribution in [0.15, 0.2) is 28.8 Å². The van der Waals surface area contributed by atoms with Crippen LogP contribution in [0.4, 0.5) is 4.79 Å². The first kappa shape index (κ1) is 13.4. The lowest BCUT2D eigenvalue weighted by molar-refractivity contribution is -0.139. The third-order valence-corrected chi connectivity index (χ3v) is 2.25. The normalized spacial score (nSPS) is 9.85. The lowest BCUT2D eigenvalue weighted by atomic mass is 10.2. The molecule has 0 aliphatic heterocycles. The van der Waals surface area contributed by atoms with E-state index in [4.69, 9.17) is 14.9 Å². The van der Waals surface area contributed by atoms with Crippen molar-refractivity contribution in [3.8, 4) is 23.0 Å². The van der Waals surface area contributed by atoms with Crippen LogP contribution in [0.25, 0.3) is 11.3 Å². The summed E-state index contributed by atoms with van der Waals surface area (Å²) in [5, 5.41) is 0. The highest BCUT2D eigenvalue weighted by molar-refractivity contribution is 5.74. The topological polar surface area (TPSA) is 114 Å². The summed E-state index contributed by atoms with van der Waals surface area (Å²) in [4.78, 5) is 33.9. The second kappa shape index (κ2) is 5.74. The van der Waals surface area contributed by atoms with Crippen LogP contribution in [-0.4, -0.2) is 24.5 Å². The van der Waals surface area contributed by atoms with Crippen molar-refractivity contribution in [2.75, 3.05) is 7.11 Å². The molecule has 8 nitrogen and oxygen atoms in total. The monoisotopic (exact) mass is 278 g/mol. The molecule has 2 aromatic heterocycles. The van der Waals surface area contributed by atoms with Crippen LogP contribution in [-0.2, 0) is 4.89 Å². The minimum Gasteiger partial charge on any atom is -0.480 e. The largest absolute Gasteiger partial charge is 0.480 e. The van der Waals surface area contributed by atoms with Crippen LogP contribution < -0.4 is 15.4 Å². The standard InChI is InChI=1S/C12H10N2O6/c1-17-11-9(10-3-2-7(6-15)18-10)4-8(5-14-11)19-20-12(13)16/h2-6H,1H3,(H2,13,16). The fourth-order valence-electron chi connectivity index (χ4n) is 1.47. The predicted octanol–water partition coefficient (Wildman–Crippen LogP) is 1.55. The molecule has 2 aromatic rings. The third-order valence-electron chi connectivity index (χ3n) is 2.25. The molecule has 2 heterocycles. The number of amides is 1. The molecule has 0 aliphatic carbocycles. The van der Waals surface area contributed by atoms with Crippen LogP contribution >= 0.6 is 0 Å². The minimum absolute atomic E-state index is 0.114. The van der Waals surface area contributed by atoms with E-state index in [9.17, 15) is 9.59 Å². The van der Waals surface area contributed by atoms with Gasteiger partial charge in [-0.15, -0.1) is 0 Å². The molecule has 0 unspecified atom stereocenters. The Morgan fingerprint density at radius 1 is 1.45 bits per heavy atom. The Balaban J connectivity index is 2.35. The van der Waals surface area contributed by atoms with Gasteiger partial charge in [0.05, 0.1) is 18.9 Å². The highest BCUT2D eigenvalue weighted by Crippen LogP contribution is 2.32. The number of primary amides is 1. The fourth-order valence-corrected chi connectivity index (χ4v) is 1.47. The Labute approximate surface area is 113 Å².